The largest absolute Gasteiger partial charge is 0.417 e. The van der Waals surface area contributed by atoms with Gasteiger partial charge in [0, 0.05) is 3.57 Å². The lowest BCUT2D eigenvalue weighted by atomic mass is 10.1. The van der Waals surface area contributed by atoms with Crippen molar-refractivity contribution in [2.45, 2.75) is 6.18 Å². The Balaban J connectivity index is 3.35. The van der Waals surface area contributed by atoms with E-state index in [9.17, 15) is 22.4 Å². The number of alkyl halides is 3. The van der Waals surface area contributed by atoms with Crippen LogP contribution in [0.15, 0.2) is 18.2 Å². The lowest BCUT2D eigenvalue weighted by molar-refractivity contribution is -0.138. The van der Waals surface area contributed by atoms with Crippen LogP contribution in [0.5, 0.6) is 0 Å². The van der Waals surface area contributed by atoms with Gasteiger partial charge >= 0.3 is 12.2 Å². The van der Waals surface area contributed by atoms with Crippen LogP contribution in [-0.2, 0) is 6.18 Å². The fraction of sp³-hybridized carbons (Fsp3) is 0.125. The number of hydrogen-bond acceptors (Lipinski definition) is 1. The summed E-state index contributed by atoms with van der Waals surface area (Å²) in [7, 11) is 0. The molecule has 76 valence electrons. The third-order valence-corrected chi connectivity index (χ3v) is 2.68. The van der Waals surface area contributed by atoms with Crippen LogP contribution in [0.3, 0.4) is 0 Å². The Labute approximate surface area is 90.2 Å². The van der Waals surface area contributed by atoms with Crippen molar-refractivity contribution in [3.05, 3.63) is 32.9 Å². The molecule has 0 radical (unpaired) electrons. The topological polar surface area (TPSA) is 17.1 Å². The number of carbonyl (C=O) groups excluding carboxylic acids is 1. The lowest BCUT2D eigenvalue weighted by Gasteiger charge is -2.09. The van der Waals surface area contributed by atoms with Gasteiger partial charge in [0.05, 0.1) is 11.1 Å². The summed E-state index contributed by atoms with van der Waals surface area (Å²) in [5, 5.41) is 0. The first-order valence-electron chi connectivity index (χ1n) is 3.39. The van der Waals surface area contributed by atoms with Gasteiger partial charge in [-0.3, -0.25) is 4.79 Å². The van der Waals surface area contributed by atoms with Crippen LogP contribution in [0.1, 0.15) is 15.9 Å². The van der Waals surface area contributed by atoms with Gasteiger partial charge in [0.15, 0.2) is 0 Å². The second kappa shape index (κ2) is 3.84. The fourth-order valence-corrected chi connectivity index (χ4v) is 1.78. The van der Waals surface area contributed by atoms with E-state index < -0.39 is 26.9 Å². The lowest BCUT2D eigenvalue weighted by Crippen LogP contribution is -2.10. The molecular formula is C8H3F4IO. The van der Waals surface area contributed by atoms with Gasteiger partial charge in [0.1, 0.15) is 0 Å². The molecule has 0 aromatic heterocycles. The molecule has 0 aliphatic carbocycles. The molecule has 0 heterocycles. The molecule has 6 heteroatoms. The molecule has 0 aliphatic heterocycles. The minimum absolute atomic E-state index is 0.412. The highest BCUT2D eigenvalue weighted by molar-refractivity contribution is 14.1. The van der Waals surface area contributed by atoms with E-state index in [0.717, 1.165) is 18.2 Å². The number of halogens is 5. The third kappa shape index (κ3) is 2.23. The minimum atomic E-state index is -4.57. The van der Waals surface area contributed by atoms with Crippen LogP contribution in [-0.4, -0.2) is 6.04 Å². The van der Waals surface area contributed by atoms with Crippen molar-refractivity contribution in [1.29, 1.82) is 0 Å². The molecule has 0 aliphatic rings. The van der Waals surface area contributed by atoms with Gasteiger partial charge in [0.2, 0.25) is 0 Å². The molecule has 0 saturated heterocycles. The van der Waals surface area contributed by atoms with Crippen molar-refractivity contribution in [2.24, 2.45) is 0 Å². The summed E-state index contributed by atoms with van der Waals surface area (Å²) >= 11 is 1.30. The summed E-state index contributed by atoms with van der Waals surface area (Å²) in [4.78, 5) is 10.3. The van der Waals surface area contributed by atoms with Gasteiger partial charge in [-0.2, -0.15) is 17.6 Å². The Kier molecular flexibility index (Phi) is 3.13. The fourth-order valence-electron chi connectivity index (χ4n) is 0.903. The molecule has 1 nitrogen and oxygen atoms in total. The van der Waals surface area contributed by atoms with Crippen LogP contribution in [0.25, 0.3) is 0 Å². The van der Waals surface area contributed by atoms with E-state index in [-0.39, 0.29) is 0 Å². The summed E-state index contributed by atoms with van der Waals surface area (Å²) in [6, 6.07) is 0.950. The van der Waals surface area contributed by atoms with Crippen LogP contribution >= 0.6 is 22.6 Å². The molecule has 1 aromatic rings. The van der Waals surface area contributed by atoms with Crippen LogP contribution in [0, 0.1) is 3.57 Å². The predicted octanol–water partition coefficient (Wildman–Crippen LogP) is 3.42. The summed E-state index contributed by atoms with van der Waals surface area (Å²) in [6.07, 6.45) is -4.57. The van der Waals surface area contributed by atoms with Gasteiger partial charge in [-0.05, 0) is 34.7 Å². The van der Waals surface area contributed by atoms with Crippen molar-refractivity contribution in [3.63, 3.8) is 0 Å². The molecular weight excluding hydrogens is 315 g/mol. The quantitative estimate of drug-likeness (QED) is 0.440. The van der Waals surface area contributed by atoms with Crippen molar-refractivity contribution in [1.82, 2.24) is 0 Å². The van der Waals surface area contributed by atoms with E-state index in [4.69, 9.17) is 0 Å². The molecule has 0 N–H and O–H groups in total. The van der Waals surface area contributed by atoms with E-state index >= 15 is 0 Å². The van der Waals surface area contributed by atoms with Crippen LogP contribution < -0.4 is 0 Å². The highest BCUT2D eigenvalue weighted by Crippen LogP contribution is 2.34. The van der Waals surface area contributed by atoms with Gasteiger partial charge < -0.3 is 0 Å². The van der Waals surface area contributed by atoms with Gasteiger partial charge in [-0.25, -0.2) is 0 Å². The number of carbonyl (C=O) groups is 1. The highest BCUT2D eigenvalue weighted by atomic mass is 127. The minimum Gasteiger partial charge on any atom is -0.255 e. The van der Waals surface area contributed by atoms with Crippen molar-refractivity contribution < 1.29 is 22.4 Å². The average Bonchev–Trinajstić information content (AvgIpc) is 2.01. The molecule has 0 unspecified atom stereocenters. The molecule has 1 rings (SSSR count). The monoisotopic (exact) mass is 318 g/mol. The smallest absolute Gasteiger partial charge is 0.255 e. The first kappa shape index (κ1) is 11.4. The maximum Gasteiger partial charge on any atom is 0.417 e. The normalized spacial score (nSPS) is 11.5. The molecule has 0 saturated carbocycles. The highest BCUT2D eigenvalue weighted by Gasteiger charge is 2.34. The summed E-state index contributed by atoms with van der Waals surface area (Å²) in [6.45, 7) is 0. The molecule has 14 heavy (non-hydrogen) atoms. The maximum atomic E-state index is 12.3. The van der Waals surface area contributed by atoms with Crippen molar-refractivity contribution >= 4 is 28.6 Å². The number of hydrogen-bond donors (Lipinski definition) is 0. The summed E-state index contributed by atoms with van der Waals surface area (Å²) in [5.41, 5.74) is -1.55. The molecule has 1 aromatic carbocycles. The van der Waals surface area contributed by atoms with Crippen molar-refractivity contribution in [3.8, 4) is 0 Å². The van der Waals surface area contributed by atoms with E-state index in [1.807, 2.05) is 0 Å². The van der Waals surface area contributed by atoms with E-state index in [2.05, 4.69) is 0 Å². The van der Waals surface area contributed by atoms with E-state index in [1.165, 1.54) is 22.6 Å². The maximum absolute atomic E-state index is 12.3. The molecule has 0 spiro atoms. The Morgan fingerprint density at radius 3 is 2.29 bits per heavy atom. The molecule has 0 atom stereocenters. The molecule has 0 bridgehead atoms. The second-order valence-electron chi connectivity index (χ2n) is 2.44. The second-order valence-corrected chi connectivity index (χ2v) is 3.52. The standard InChI is InChI=1S/C8H3F4IO/c9-7(14)4-2-1-3-5(6(4)13)8(10,11)12/h1-3H. The van der Waals surface area contributed by atoms with Crippen LogP contribution in [0.4, 0.5) is 17.6 Å². The Morgan fingerprint density at radius 2 is 1.86 bits per heavy atom. The van der Waals surface area contributed by atoms with E-state index in [0.29, 0.717) is 0 Å². The first-order chi connectivity index (χ1) is 6.34. The zero-order valence-electron chi connectivity index (χ0n) is 6.53. The van der Waals surface area contributed by atoms with Gasteiger partial charge in [-0.15, -0.1) is 0 Å². The first-order valence-corrected chi connectivity index (χ1v) is 4.47. The third-order valence-electron chi connectivity index (χ3n) is 1.52. The van der Waals surface area contributed by atoms with E-state index in [1.54, 1.807) is 0 Å². The molecule has 0 amide bonds. The summed E-state index contributed by atoms with van der Waals surface area (Å²) < 4.78 is 48.6. The summed E-state index contributed by atoms with van der Waals surface area (Å²) in [5.74, 6) is 0. The number of rotatable bonds is 1. The Hall–Kier alpha value is -0.660. The SMILES string of the molecule is O=C(F)c1cccc(C(F)(F)F)c1I. The number of benzene rings is 1. The Bertz CT molecular complexity index is 372. The Morgan fingerprint density at radius 1 is 1.29 bits per heavy atom. The zero-order chi connectivity index (χ0) is 10.9. The van der Waals surface area contributed by atoms with Gasteiger partial charge in [-0.1, -0.05) is 6.07 Å². The van der Waals surface area contributed by atoms with Crippen molar-refractivity contribution in [2.75, 3.05) is 0 Å². The molecule has 0 fully saturated rings. The van der Waals surface area contributed by atoms with Crippen LogP contribution in [0.2, 0.25) is 0 Å². The predicted molar refractivity (Wildman–Crippen MR) is 49.6 cm³/mol. The van der Waals surface area contributed by atoms with Gasteiger partial charge in [0.25, 0.3) is 0 Å². The average molecular weight is 318 g/mol. The zero-order valence-corrected chi connectivity index (χ0v) is 8.69.